The van der Waals surface area contributed by atoms with E-state index in [0.717, 1.165) is 16.9 Å². The molecule has 1 unspecified atom stereocenters. The molecule has 1 saturated heterocycles. The molecule has 0 aromatic heterocycles. The molecule has 1 heterocycles. The molecule has 1 fully saturated rings. The lowest BCUT2D eigenvalue weighted by molar-refractivity contribution is 0.362. The lowest BCUT2D eigenvalue weighted by Gasteiger charge is -2.13. The van der Waals surface area contributed by atoms with Gasteiger partial charge in [0.2, 0.25) is 0 Å². The van der Waals surface area contributed by atoms with E-state index in [-0.39, 0.29) is 0 Å². The van der Waals surface area contributed by atoms with Gasteiger partial charge in [0.25, 0.3) is 0 Å². The molecule has 1 atom stereocenters. The molecular formula is C8H14BrN. The Morgan fingerprint density at radius 1 is 1.80 bits per heavy atom. The molecule has 58 valence electrons. The zero-order chi connectivity index (χ0) is 7.56. The molecule has 0 N–H and O–H groups in total. The zero-order valence-electron chi connectivity index (χ0n) is 6.44. The van der Waals surface area contributed by atoms with E-state index >= 15 is 0 Å². The Balaban J connectivity index is 2.24. The third kappa shape index (κ3) is 2.43. The fourth-order valence-corrected chi connectivity index (χ4v) is 1.77. The summed E-state index contributed by atoms with van der Waals surface area (Å²) in [5, 5.41) is 0. The average molecular weight is 204 g/mol. The number of rotatable bonds is 2. The number of hydrogen-bond donors (Lipinski definition) is 0. The minimum atomic E-state index is 0.881. The highest BCUT2D eigenvalue weighted by Gasteiger charge is 2.17. The van der Waals surface area contributed by atoms with Crippen LogP contribution >= 0.6 is 15.9 Å². The van der Waals surface area contributed by atoms with Gasteiger partial charge in [-0.25, -0.2) is 0 Å². The minimum Gasteiger partial charge on any atom is -0.298 e. The van der Waals surface area contributed by atoms with Crippen LogP contribution in [0.1, 0.15) is 13.3 Å². The summed E-state index contributed by atoms with van der Waals surface area (Å²) in [4.78, 5) is 2.43. The fraction of sp³-hybridized carbons (Fsp3) is 0.750. The maximum absolute atomic E-state index is 3.82. The summed E-state index contributed by atoms with van der Waals surface area (Å²) < 4.78 is 1.10. The van der Waals surface area contributed by atoms with E-state index in [1.807, 2.05) is 0 Å². The summed E-state index contributed by atoms with van der Waals surface area (Å²) in [6, 6.07) is 0. The maximum atomic E-state index is 3.82. The lowest BCUT2D eigenvalue weighted by Crippen LogP contribution is -2.21. The van der Waals surface area contributed by atoms with Crippen LogP contribution in [0.3, 0.4) is 0 Å². The van der Waals surface area contributed by atoms with Gasteiger partial charge in [-0.3, -0.25) is 4.90 Å². The van der Waals surface area contributed by atoms with Crippen LogP contribution in [-0.4, -0.2) is 24.5 Å². The topological polar surface area (TPSA) is 3.24 Å². The molecule has 0 spiro atoms. The standard InChI is InChI=1S/C8H14BrN/c1-7-3-4-10(5-7)6-8(2)9/h7H,2-6H2,1H3. The van der Waals surface area contributed by atoms with Gasteiger partial charge in [0, 0.05) is 17.6 Å². The first-order chi connectivity index (χ1) is 4.68. The van der Waals surface area contributed by atoms with Gasteiger partial charge in [0.15, 0.2) is 0 Å². The number of nitrogens with zero attached hydrogens (tertiary/aromatic N) is 1. The van der Waals surface area contributed by atoms with E-state index in [1.54, 1.807) is 0 Å². The summed E-state index contributed by atoms with van der Waals surface area (Å²) >= 11 is 3.37. The second-order valence-electron chi connectivity index (χ2n) is 3.15. The maximum Gasteiger partial charge on any atom is 0.0294 e. The summed E-state index contributed by atoms with van der Waals surface area (Å²) in [6.07, 6.45) is 1.35. The van der Waals surface area contributed by atoms with Crippen molar-refractivity contribution in [3.8, 4) is 0 Å². The molecular weight excluding hydrogens is 190 g/mol. The highest BCUT2D eigenvalue weighted by atomic mass is 79.9. The summed E-state index contributed by atoms with van der Waals surface area (Å²) in [5.41, 5.74) is 0. The quantitative estimate of drug-likeness (QED) is 0.666. The van der Waals surface area contributed by atoms with E-state index < -0.39 is 0 Å². The van der Waals surface area contributed by atoms with Gasteiger partial charge in [-0.2, -0.15) is 0 Å². The van der Waals surface area contributed by atoms with Crippen molar-refractivity contribution >= 4 is 15.9 Å². The molecule has 0 amide bonds. The number of halogens is 1. The van der Waals surface area contributed by atoms with Crippen LogP contribution in [0.15, 0.2) is 11.1 Å². The predicted octanol–water partition coefficient (Wildman–Crippen LogP) is 2.24. The zero-order valence-corrected chi connectivity index (χ0v) is 8.02. The third-order valence-electron chi connectivity index (χ3n) is 1.90. The molecule has 1 nitrogen and oxygen atoms in total. The molecule has 0 saturated carbocycles. The first-order valence-electron chi connectivity index (χ1n) is 3.74. The molecule has 1 aliphatic rings. The fourth-order valence-electron chi connectivity index (χ4n) is 1.41. The van der Waals surface area contributed by atoms with Crippen molar-refractivity contribution in [1.29, 1.82) is 0 Å². The Bertz CT molecular complexity index is 133. The van der Waals surface area contributed by atoms with Gasteiger partial charge in [0.1, 0.15) is 0 Å². The van der Waals surface area contributed by atoms with Crippen LogP contribution in [0, 0.1) is 5.92 Å². The molecule has 0 aliphatic carbocycles. The second kappa shape index (κ2) is 3.54. The van der Waals surface area contributed by atoms with Crippen LogP contribution in [0.5, 0.6) is 0 Å². The van der Waals surface area contributed by atoms with E-state index in [0.29, 0.717) is 0 Å². The van der Waals surface area contributed by atoms with Gasteiger partial charge in [-0.15, -0.1) is 0 Å². The third-order valence-corrected chi connectivity index (χ3v) is 2.15. The van der Waals surface area contributed by atoms with Gasteiger partial charge in [-0.1, -0.05) is 29.4 Å². The van der Waals surface area contributed by atoms with E-state index in [4.69, 9.17) is 0 Å². The Morgan fingerprint density at radius 3 is 2.90 bits per heavy atom. The van der Waals surface area contributed by atoms with Crippen molar-refractivity contribution < 1.29 is 0 Å². The van der Waals surface area contributed by atoms with Crippen molar-refractivity contribution in [2.24, 2.45) is 5.92 Å². The number of likely N-dealkylation sites (tertiary alicyclic amines) is 1. The van der Waals surface area contributed by atoms with Gasteiger partial charge in [0.05, 0.1) is 0 Å². The van der Waals surface area contributed by atoms with Crippen LogP contribution < -0.4 is 0 Å². The Kier molecular flexibility index (Phi) is 2.93. The van der Waals surface area contributed by atoms with Gasteiger partial charge >= 0.3 is 0 Å². The monoisotopic (exact) mass is 203 g/mol. The smallest absolute Gasteiger partial charge is 0.0294 e. The SMILES string of the molecule is C=C(Br)CN1CCC(C)C1. The lowest BCUT2D eigenvalue weighted by atomic mass is 10.2. The summed E-state index contributed by atoms with van der Waals surface area (Å²) in [5.74, 6) is 0.881. The van der Waals surface area contributed by atoms with E-state index in [9.17, 15) is 0 Å². The Hall–Kier alpha value is 0.180. The number of hydrogen-bond acceptors (Lipinski definition) is 1. The molecule has 2 heteroatoms. The first kappa shape index (κ1) is 8.28. The molecule has 0 radical (unpaired) electrons. The second-order valence-corrected chi connectivity index (χ2v) is 4.27. The van der Waals surface area contributed by atoms with E-state index in [2.05, 4.69) is 34.3 Å². The summed E-state index contributed by atoms with van der Waals surface area (Å²) in [7, 11) is 0. The molecule has 1 rings (SSSR count). The van der Waals surface area contributed by atoms with Crippen molar-refractivity contribution in [3.63, 3.8) is 0 Å². The molecule has 0 aromatic rings. The highest BCUT2D eigenvalue weighted by Crippen LogP contribution is 2.16. The van der Waals surface area contributed by atoms with E-state index in [1.165, 1.54) is 19.5 Å². The predicted molar refractivity (Wildman–Crippen MR) is 48.3 cm³/mol. The average Bonchev–Trinajstić information content (AvgIpc) is 2.13. The van der Waals surface area contributed by atoms with Crippen LogP contribution in [0.2, 0.25) is 0 Å². The van der Waals surface area contributed by atoms with Crippen molar-refractivity contribution in [2.75, 3.05) is 19.6 Å². The normalized spacial score (nSPS) is 27.2. The van der Waals surface area contributed by atoms with Crippen LogP contribution in [0.4, 0.5) is 0 Å². The summed E-state index contributed by atoms with van der Waals surface area (Å²) in [6.45, 7) is 9.62. The van der Waals surface area contributed by atoms with Crippen molar-refractivity contribution in [2.45, 2.75) is 13.3 Å². The Morgan fingerprint density at radius 2 is 2.50 bits per heavy atom. The largest absolute Gasteiger partial charge is 0.298 e. The van der Waals surface area contributed by atoms with Gasteiger partial charge < -0.3 is 0 Å². The molecule has 0 aromatic carbocycles. The highest BCUT2D eigenvalue weighted by molar-refractivity contribution is 9.11. The molecule has 10 heavy (non-hydrogen) atoms. The first-order valence-corrected chi connectivity index (χ1v) is 4.53. The van der Waals surface area contributed by atoms with Crippen molar-refractivity contribution in [3.05, 3.63) is 11.1 Å². The molecule has 1 aliphatic heterocycles. The minimum absolute atomic E-state index is 0.881. The van der Waals surface area contributed by atoms with Crippen molar-refractivity contribution in [1.82, 2.24) is 4.90 Å². The van der Waals surface area contributed by atoms with Gasteiger partial charge in [-0.05, 0) is 18.9 Å². The van der Waals surface area contributed by atoms with Crippen LogP contribution in [-0.2, 0) is 0 Å². The molecule has 0 bridgehead atoms. The van der Waals surface area contributed by atoms with Crippen LogP contribution in [0.25, 0.3) is 0 Å². The Labute approximate surface area is 71.2 Å².